The third kappa shape index (κ3) is 6.48. The molecule has 3 rings (SSSR count). The largest absolute Gasteiger partial charge is 0.495 e. The number of benzene rings is 3. The molecular formula is C25H27N3O2S2. The normalized spacial score (nSPS) is 10.3. The number of para-hydroxylation sites is 3. The van der Waals surface area contributed by atoms with Crippen molar-refractivity contribution in [2.24, 2.45) is 0 Å². The molecule has 1 amide bonds. The molecule has 166 valence electrons. The van der Waals surface area contributed by atoms with Crippen LogP contribution in [-0.2, 0) is 11.2 Å². The fourth-order valence-corrected chi connectivity index (χ4v) is 4.21. The lowest BCUT2D eigenvalue weighted by Crippen LogP contribution is -2.19. The number of thiocarbonyl (C=S) groups is 1. The standard InChI is InChI=1S/C25H27N3O2S2/c1-4-18-10-7-9-17(2)24(18)28-23(29)16-32-20-12-8-11-19(15-20)26-25(31)27-21-13-5-6-14-22(21)30-3/h5-15H,4,16H2,1-3H3,(H,28,29)(H2,26,27,31). The molecule has 0 aliphatic rings. The second-order valence-corrected chi connectivity index (χ2v) is 8.56. The van der Waals surface area contributed by atoms with E-state index >= 15 is 0 Å². The maximum Gasteiger partial charge on any atom is 0.234 e. The Bertz CT molecular complexity index is 1100. The van der Waals surface area contributed by atoms with E-state index in [4.69, 9.17) is 17.0 Å². The number of rotatable bonds is 8. The van der Waals surface area contributed by atoms with Crippen LogP contribution in [0.2, 0.25) is 0 Å². The van der Waals surface area contributed by atoms with Crippen LogP contribution in [0.4, 0.5) is 17.1 Å². The zero-order valence-electron chi connectivity index (χ0n) is 18.4. The molecule has 0 unspecified atom stereocenters. The molecule has 0 aromatic heterocycles. The lowest BCUT2D eigenvalue weighted by Gasteiger charge is -2.14. The number of nitrogens with one attached hydrogen (secondary N) is 3. The molecule has 7 heteroatoms. The summed E-state index contributed by atoms with van der Waals surface area (Å²) < 4.78 is 5.34. The molecule has 3 aromatic rings. The van der Waals surface area contributed by atoms with Gasteiger partial charge in [-0.25, -0.2) is 0 Å². The summed E-state index contributed by atoms with van der Waals surface area (Å²) in [5.74, 6) is 1.02. The fourth-order valence-electron chi connectivity index (χ4n) is 3.22. The van der Waals surface area contributed by atoms with Crippen molar-refractivity contribution in [1.82, 2.24) is 0 Å². The van der Waals surface area contributed by atoms with Gasteiger partial charge in [-0.05, 0) is 67.0 Å². The van der Waals surface area contributed by atoms with E-state index in [0.29, 0.717) is 16.6 Å². The number of aryl methyl sites for hydroxylation is 2. The predicted octanol–water partition coefficient (Wildman–Crippen LogP) is 6.11. The van der Waals surface area contributed by atoms with Gasteiger partial charge in [0, 0.05) is 16.3 Å². The quantitative estimate of drug-likeness (QED) is 0.276. The van der Waals surface area contributed by atoms with E-state index in [2.05, 4.69) is 22.9 Å². The number of thioether (sulfide) groups is 1. The number of hydrogen-bond donors (Lipinski definition) is 3. The molecule has 0 aliphatic heterocycles. The van der Waals surface area contributed by atoms with Crippen molar-refractivity contribution in [3.63, 3.8) is 0 Å². The summed E-state index contributed by atoms with van der Waals surface area (Å²) in [5, 5.41) is 9.86. The summed E-state index contributed by atoms with van der Waals surface area (Å²) >= 11 is 6.92. The Balaban J connectivity index is 1.57. The van der Waals surface area contributed by atoms with Gasteiger partial charge in [-0.15, -0.1) is 11.8 Å². The molecule has 0 spiro atoms. The van der Waals surface area contributed by atoms with Crippen molar-refractivity contribution in [2.75, 3.05) is 28.8 Å². The number of hydrogen-bond acceptors (Lipinski definition) is 4. The third-order valence-corrected chi connectivity index (χ3v) is 6.02. The first-order chi connectivity index (χ1) is 15.5. The second kappa shape index (κ2) is 11.5. The maximum atomic E-state index is 12.5. The average Bonchev–Trinajstić information content (AvgIpc) is 2.79. The van der Waals surface area contributed by atoms with E-state index in [-0.39, 0.29) is 5.91 Å². The number of amides is 1. The first-order valence-corrected chi connectivity index (χ1v) is 11.7. The van der Waals surface area contributed by atoms with E-state index in [0.717, 1.165) is 39.5 Å². The number of methoxy groups -OCH3 is 1. The number of carbonyl (C=O) groups excluding carboxylic acids is 1. The average molecular weight is 466 g/mol. The van der Waals surface area contributed by atoms with Gasteiger partial charge in [-0.3, -0.25) is 4.79 Å². The molecule has 0 fully saturated rings. The highest BCUT2D eigenvalue weighted by Gasteiger charge is 2.10. The Hall–Kier alpha value is -3.03. The molecule has 0 bridgehead atoms. The van der Waals surface area contributed by atoms with Crippen LogP contribution in [0.25, 0.3) is 0 Å². The number of carbonyl (C=O) groups is 1. The van der Waals surface area contributed by atoms with Gasteiger partial charge >= 0.3 is 0 Å². The summed E-state index contributed by atoms with van der Waals surface area (Å²) in [6.07, 6.45) is 0.876. The van der Waals surface area contributed by atoms with E-state index in [1.165, 1.54) is 11.8 Å². The van der Waals surface area contributed by atoms with Crippen LogP contribution in [0.1, 0.15) is 18.1 Å². The van der Waals surface area contributed by atoms with Crippen molar-refractivity contribution in [3.8, 4) is 5.75 Å². The first-order valence-electron chi connectivity index (χ1n) is 10.3. The van der Waals surface area contributed by atoms with Gasteiger partial charge in [-0.2, -0.15) is 0 Å². The summed E-state index contributed by atoms with van der Waals surface area (Å²) in [7, 11) is 1.62. The lowest BCUT2D eigenvalue weighted by molar-refractivity contribution is -0.113. The van der Waals surface area contributed by atoms with E-state index in [1.807, 2.05) is 73.7 Å². The summed E-state index contributed by atoms with van der Waals surface area (Å²) in [6, 6.07) is 21.5. The van der Waals surface area contributed by atoms with Crippen LogP contribution in [0.15, 0.2) is 71.6 Å². The van der Waals surface area contributed by atoms with Crippen molar-refractivity contribution < 1.29 is 9.53 Å². The van der Waals surface area contributed by atoms with Gasteiger partial charge in [0.2, 0.25) is 5.91 Å². The van der Waals surface area contributed by atoms with Crippen LogP contribution in [0, 0.1) is 6.92 Å². The smallest absolute Gasteiger partial charge is 0.234 e. The molecule has 0 saturated carbocycles. The Kier molecular flexibility index (Phi) is 8.53. The van der Waals surface area contributed by atoms with Crippen LogP contribution in [0.3, 0.4) is 0 Å². The lowest BCUT2D eigenvalue weighted by atomic mass is 10.1. The zero-order chi connectivity index (χ0) is 22.9. The monoisotopic (exact) mass is 465 g/mol. The van der Waals surface area contributed by atoms with Crippen molar-refractivity contribution in [1.29, 1.82) is 0 Å². The molecule has 5 nitrogen and oxygen atoms in total. The van der Waals surface area contributed by atoms with Gasteiger partial charge in [0.1, 0.15) is 5.75 Å². The minimum Gasteiger partial charge on any atom is -0.495 e. The van der Waals surface area contributed by atoms with Crippen LogP contribution in [-0.4, -0.2) is 23.9 Å². The van der Waals surface area contributed by atoms with Gasteiger partial charge in [-0.1, -0.05) is 43.3 Å². The minimum absolute atomic E-state index is 0.0225. The van der Waals surface area contributed by atoms with Gasteiger partial charge in [0.05, 0.1) is 18.6 Å². The summed E-state index contributed by atoms with van der Waals surface area (Å²) in [6.45, 7) is 4.10. The van der Waals surface area contributed by atoms with Gasteiger partial charge < -0.3 is 20.7 Å². The molecular weight excluding hydrogens is 438 g/mol. The van der Waals surface area contributed by atoms with E-state index < -0.39 is 0 Å². The van der Waals surface area contributed by atoms with E-state index in [9.17, 15) is 4.79 Å². The number of anilines is 3. The Morgan fingerprint density at radius 3 is 2.56 bits per heavy atom. The minimum atomic E-state index is -0.0225. The summed E-state index contributed by atoms with van der Waals surface area (Å²) in [4.78, 5) is 13.5. The van der Waals surface area contributed by atoms with Crippen molar-refractivity contribution in [2.45, 2.75) is 25.2 Å². The van der Waals surface area contributed by atoms with Crippen molar-refractivity contribution in [3.05, 3.63) is 77.9 Å². The van der Waals surface area contributed by atoms with E-state index in [1.54, 1.807) is 7.11 Å². The molecule has 3 N–H and O–H groups in total. The van der Waals surface area contributed by atoms with Crippen LogP contribution in [0.5, 0.6) is 5.75 Å². The predicted molar refractivity (Wildman–Crippen MR) is 139 cm³/mol. The molecule has 32 heavy (non-hydrogen) atoms. The summed E-state index contributed by atoms with van der Waals surface area (Å²) in [5.41, 5.74) is 4.77. The molecule has 0 radical (unpaired) electrons. The van der Waals surface area contributed by atoms with Gasteiger partial charge in [0.25, 0.3) is 0 Å². The highest BCUT2D eigenvalue weighted by molar-refractivity contribution is 8.00. The molecule has 0 atom stereocenters. The van der Waals surface area contributed by atoms with Crippen molar-refractivity contribution >= 4 is 52.1 Å². The van der Waals surface area contributed by atoms with Gasteiger partial charge in [0.15, 0.2) is 5.11 Å². The maximum absolute atomic E-state index is 12.5. The van der Waals surface area contributed by atoms with Crippen LogP contribution < -0.4 is 20.7 Å². The number of ether oxygens (including phenoxy) is 1. The molecule has 0 saturated heterocycles. The Labute approximate surface area is 199 Å². The third-order valence-electron chi connectivity index (χ3n) is 4.82. The molecule has 0 heterocycles. The highest BCUT2D eigenvalue weighted by Crippen LogP contribution is 2.26. The molecule has 0 aliphatic carbocycles. The Morgan fingerprint density at radius 2 is 1.78 bits per heavy atom. The first kappa shape index (κ1) is 23.6. The Morgan fingerprint density at radius 1 is 1.00 bits per heavy atom. The van der Waals surface area contributed by atoms with Crippen LogP contribution >= 0.6 is 24.0 Å². The zero-order valence-corrected chi connectivity index (χ0v) is 20.0. The SMILES string of the molecule is CCc1cccc(C)c1NC(=O)CSc1cccc(NC(=S)Nc2ccccc2OC)c1. The molecule has 3 aromatic carbocycles. The fraction of sp³-hybridized carbons (Fsp3) is 0.200. The highest BCUT2D eigenvalue weighted by atomic mass is 32.2. The topological polar surface area (TPSA) is 62.4 Å². The second-order valence-electron chi connectivity index (χ2n) is 7.11.